The Morgan fingerprint density at radius 3 is 2.24 bits per heavy atom. The number of hydrogen-bond donors (Lipinski definition) is 0. The summed E-state index contributed by atoms with van der Waals surface area (Å²) in [4.78, 5) is 10.9. The molecule has 0 bridgehead atoms. The number of benzene rings is 3. The molecule has 0 heterocycles. The predicted molar refractivity (Wildman–Crippen MR) is 91.6 cm³/mol. The summed E-state index contributed by atoms with van der Waals surface area (Å²) in [6.45, 7) is 0. The Balaban J connectivity index is 2.11. The van der Waals surface area contributed by atoms with Gasteiger partial charge in [0.15, 0.2) is 0 Å². The summed E-state index contributed by atoms with van der Waals surface area (Å²) in [5.74, 6) is 0.401. The molecular weight excluding hydrogens is 325 g/mol. The molecule has 0 unspecified atom stereocenters. The molecular formula is C19H14FNO4. The molecule has 0 saturated heterocycles. The quantitative estimate of drug-likeness (QED) is 0.473. The molecule has 126 valence electrons. The monoisotopic (exact) mass is 339 g/mol. The van der Waals surface area contributed by atoms with Gasteiger partial charge in [-0.3, -0.25) is 10.1 Å². The molecule has 0 fully saturated rings. The maximum Gasteiger partial charge on any atom is 0.315 e. The lowest BCUT2D eigenvalue weighted by atomic mass is 10.0. The number of methoxy groups -OCH3 is 1. The highest BCUT2D eigenvalue weighted by molar-refractivity contribution is 5.77. The molecule has 0 radical (unpaired) electrons. The van der Waals surface area contributed by atoms with Crippen LogP contribution in [0.15, 0.2) is 66.7 Å². The van der Waals surface area contributed by atoms with E-state index in [0.29, 0.717) is 11.3 Å². The van der Waals surface area contributed by atoms with E-state index in [1.165, 1.54) is 37.4 Å². The molecule has 6 heteroatoms. The third-order valence-corrected chi connectivity index (χ3v) is 3.58. The second-order valence-electron chi connectivity index (χ2n) is 5.20. The molecule has 0 aliphatic heterocycles. The predicted octanol–water partition coefficient (Wildman–Crippen LogP) is 5.20. The van der Waals surface area contributed by atoms with E-state index in [1.54, 1.807) is 6.07 Å². The Morgan fingerprint density at radius 1 is 0.960 bits per heavy atom. The summed E-state index contributed by atoms with van der Waals surface area (Å²) < 4.78 is 23.9. The van der Waals surface area contributed by atoms with Crippen molar-refractivity contribution < 1.29 is 18.8 Å². The van der Waals surface area contributed by atoms with Crippen LogP contribution in [0.4, 0.5) is 10.1 Å². The van der Waals surface area contributed by atoms with Crippen LogP contribution in [-0.2, 0) is 0 Å². The average Bonchev–Trinajstić information content (AvgIpc) is 2.63. The molecule has 0 N–H and O–H groups in total. The molecule has 3 aromatic rings. The normalized spacial score (nSPS) is 10.3. The fourth-order valence-corrected chi connectivity index (χ4v) is 2.47. The van der Waals surface area contributed by atoms with Crippen molar-refractivity contribution in [2.45, 2.75) is 0 Å². The van der Waals surface area contributed by atoms with Crippen LogP contribution < -0.4 is 9.47 Å². The van der Waals surface area contributed by atoms with E-state index in [0.717, 1.165) is 5.56 Å². The summed E-state index contributed by atoms with van der Waals surface area (Å²) in [6.07, 6.45) is 0. The zero-order valence-corrected chi connectivity index (χ0v) is 13.3. The molecule has 0 aliphatic rings. The minimum atomic E-state index is -0.525. The Hall–Kier alpha value is -3.41. The number of nitro benzene ring substituents is 1. The molecule has 0 aromatic heterocycles. The summed E-state index contributed by atoms with van der Waals surface area (Å²) in [5.41, 5.74) is 1.09. The number of nitro groups is 1. The van der Waals surface area contributed by atoms with Gasteiger partial charge in [-0.05, 0) is 35.9 Å². The molecule has 0 atom stereocenters. The van der Waals surface area contributed by atoms with E-state index in [4.69, 9.17) is 9.47 Å². The smallest absolute Gasteiger partial charge is 0.315 e. The zero-order valence-electron chi connectivity index (χ0n) is 13.3. The van der Waals surface area contributed by atoms with Crippen molar-refractivity contribution in [2.75, 3.05) is 7.11 Å². The van der Waals surface area contributed by atoms with Gasteiger partial charge in [0.25, 0.3) is 0 Å². The second-order valence-corrected chi connectivity index (χ2v) is 5.20. The van der Waals surface area contributed by atoms with Crippen molar-refractivity contribution in [3.05, 3.63) is 82.7 Å². The van der Waals surface area contributed by atoms with E-state index in [9.17, 15) is 14.5 Å². The van der Waals surface area contributed by atoms with Gasteiger partial charge in [0.1, 0.15) is 17.3 Å². The number of ether oxygens (including phenoxy) is 2. The lowest BCUT2D eigenvalue weighted by Crippen LogP contribution is -1.97. The first-order valence-electron chi connectivity index (χ1n) is 7.44. The number of nitrogens with zero attached hydrogens (tertiary/aromatic N) is 1. The van der Waals surface area contributed by atoms with Crippen LogP contribution in [0.1, 0.15) is 0 Å². The van der Waals surface area contributed by atoms with E-state index in [2.05, 4.69) is 0 Å². The number of hydrogen-bond acceptors (Lipinski definition) is 4. The Kier molecular flexibility index (Phi) is 4.61. The van der Waals surface area contributed by atoms with Crippen molar-refractivity contribution in [2.24, 2.45) is 0 Å². The lowest BCUT2D eigenvalue weighted by Gasteiger charge is -2.12. The maximum absolute atomic E-state index is 13.0. The van der Waals surface area contributed by atoms with Crippen LogP contribution in [0.25, 0.3) is 11.1 Å². The molecule has 0 amide bonds. The molecule has 25 heavy (non-hydrogen) atoms. The van der Waals surface area contributed by atoms with Crippen molar-refractivity contribution in [1.29, 1.82) is 0 Å². The van der Waals surface area contributed by atoms with E-state index in [-0.39, 0.29) is 17.2 Å². The van der Waals surface area contributed by atoms with Crippen LogP contribution in [0.3, 0.4) is 0 Å². The Morgan fingerprint density at radius 2 is 1.64 bits per heavy atom. The van der Waals surface area contributed by atoms with Gasteiger partial charge in [0, 0.05) is 5.56 Å². The van der Waals surface area contributed by atoms with Gasteiger partial charge in [-0.2, -0.15) is 0 Å². The van der Waals surface area contributed by atoms with Crippen LogP contribution in [-0.4, -0.2) is 12.0 Å². The van der Waals surface area contributed by atoms with Crippen LogP contribution >= 0.6 is 0 Å². The minimum Gasteiger partial charge on any atom is -0.490 e. The van der Waals surface area contributed by atoms with Gasteiger partial charge in [-0.1, -0.05) is 30.3 Å². The molecule has 5 nitrogen and oxygen atoms in total. The molecule has 3 aromatic carbocycles. The first-order chi connectivity index (χ1) is 12.1. The van der Waals surface area contributed by atoms with E-state index in [1.807, 2.05) is 30.3 Å². The van der Waals surface area contributed by atoms with Gasteiger partial charge in [-0.15, -0.1) is 0 Å². The Labute approximate surface area is 143 Å². The van der Waals surface area contributed by atoms with Gasteiger partial charge >= 0.3 is 5.69 Å². The number of rotatable bonds is 5. The fraction of sp³-hybridized carbons (Fsp3) is 0.0526. The van der Waals surface area contributed by atoms with Gasteiger partial charge in [0.05, 0.1) is 18.1 Å². The average molecular weight is 339 g/mol. The molecule has 0 saturated carbocycles. The largest absolute Gasteiger partial charge is 0.490 e. The SMILES string of the molecule is COc1c(-c2ccccc2)cc(Oc2ccc(F)cc2)cc1[N+](=O)[O-]. The first-order valence-corrected chi connectivity index (χ1v) is 7.44. The molecule has 0 aliphatic carbocycles. The topological polar surface area (TPSA) is 61.6 Å². The lowest BCUT2D eigenvalue weighted by molar-refractivity contribution is -0.385. The summed E-state index contributed by atoms with van der Waals surface area (Å²) >= 11 is 0. The van der Waals surface area contributed by atoms with E-state index < -0.39 is 10.7 Å². The third-order valence-electron chi connectivity index (χ3n) is 3.58. The number of halogens is 1. The highest BCUT2D eigenvalue weighted by Crippen LogP contribution is 2.42. The van der Waals surface area contributed by atoms with Crippen LogP contribution in [0.2, 0.25) is 0 Å². The Bertz CT molecular complexity index is 895. The van der Waals surface area contributed by atoms with E-state index >= 15 is 0 Å². The second kappa shape index (κ2) is 7.00. The van der Waals surface area contributed by atoms with Crippen molar-refractivity contribution in [3.8, 4) is 28.4 Å². The maximum atomic E-state index is 13.0. The standard InChI is InChI=1S/C19H14FNO4/c1-24-19-17(13-5-3-2-4-6-13)11-16(12-18(19)21(22)23)25-15-9-7-14(20)8-10-15/h2-12H,1H3. The highest BCUT2D eigenvalue weighted by Gasteiger charge is 2.22. The van der Waals surface area contributed by atoms with Crippen molar-refractivity contribution in [1.82, 2.24) is 0 Å². The zero-order chi connectivity index (χ0) is 17.8. The first kappa shape index (κ1) is 16.4. The summed E-state index contributed by atoms with van der Waals surface area (Å²) in [7, 11) is 1.38. The van der Waals surface area contributed by atoms with Crippen molar-refractivity contribution >= 4 is 5.69 Å². The highest BCUT2D eigenvalue weighted by atomic mass is 19.1. The van der Waals surface area contributed by atoms with Crippen LogP contribution in [0.5, 0.6) is 17.2 Å². The molecule has 0 spiro atoms. The van der Waals surface area contributed by atoms with Gasteiger partial charge < -0.3 is 9.47 Å². The third kappa shape index (κ3) is 3.58. The van der Waals surface area contributed by atoms with Crippen LogP contribution in [0, 0.1) is 15.9 Å². The molecule has 3 rings (SSSR count). The fourth-order valence-electron chi connectivity index (χ4n) is 2.47. The van der Waals surface area contributed by atoms with Gasteiger partial charge in [-0.25, -0.2) is 4.39 Å². The van der Waals surface area contributed by atoms with Gasteiger partial charge in [0.2, 0.25) is 5.75 Å². The van der Waals surface area contributed by atoms with Crippen molar-refractivity contribution in [3.63, 3.8) is 0 Å². The summed E-state index contributed by atoms with van der Waals surface area (Å²) in [6, 6.07) is 17.5. The minimum absolute atomic E-state index is 0.155. The summed E-state index contributed by atoms with van der Waals surface area (Å²) in [5, 5.41) is 11.4.